The largest absolute Gasteiger partial charge is 0.341 e. The number of aryl methyl sites for hydroxylation is 1. The van der Waals surface area contributed by atoms with E-state index in [0.29, 0.717) is 12.2 Å². The summed E-state index contributed by atoms with van der Waals surface area (Å²) in [6, 6.07) is 5.77. The third-order valence-electron chi connectivity index (χ3n) is 3.97. The van der Waals surface area contributed by atoms with Gasteiger partial charge >= 0.3 is 0 Å². The number of hydrogen-bond donors (Lipinski definition) is 0. The van der Waals surface area contributed by atoms with Gasteiger partial charge in [0.05, 0.1) is 0 Å². The summed E-state index contributed by atoms with van der Waals surface area (Å²) in [6.45, 7) is 3.29. The first-order valence-corrected chi connectivity index (χ1v) is 7.43. The van der Waals surface area contributed by atoms with Crippen molar-refractivity contribution < 1.29 is 9.18 Å². The van der Waals surface area contributed by atoms with Crippen molar-refractivity contribution in [1.82, 2.24) is 25.1 Å². The summed E-state index contributed by atoms with van der Waals surface area (Å²) in [5, 5.41) is 11.4. The lowest BCUT2D eigenvalue weighted by molar-refractivity contribution is -0.134. The van der Waals surface area contributed by atoms with Gasteiger partial charge in [-0.2, -0.15) is 0 Å². The Kier molecular flexibility index (Phi) is 4.13. The van der Waals surface area contributed by atoms with E-state index in [1.807, 2.05) is 11.0 Å². The van der Waals surface area contributed by atoms with Crippen LogP contribution in [0.3, 0.4) is 0 Å². The van der Waals surface area contributed by atoms with Crippen molar-refractivity contribution in [2.75, 3.05) is 13.1 Å². The molecule has 1 saturated heterocycles. The van der Waals surface area contributed by atoms with Crippen LogP contribution in [0.5, 0.6) is 0 Å². The summed E-state index contributed by atoms with van der Waals surface area (Å²) in [4.78, 5) is 14.6. The van der Waals surface area contributed by atoms with E-state index in [9.17, 15) is 9.18 Å². The van der Waals surface area contributed by atoms with Gasteiger partial charge in [0, 0.05) is 19.5 Å². The van der Waals surface area contributed by atoms with Crippen LogP contribution in [-0.4, -0.2) is 44.1 Å². The predicted octanol–water partition coefficient (Wildman–Crippen LogP) is 1.53. The number of rotatable bonds is 4. The molecule has 22 heavy (non-hydrogen) atoms. The maximum atomic E-state index is 13.4. The average molecular weight is 303 g/mol. The lowest BCUT2D eigenvalue weighted by Crippen LogP contribution is -2.37. The molecule has 1 aromatic heterocycles. The molecule has 3 rings (SSSR count). The number of hydrogen-bond acceptors (Lipinski definition) is 4. The Morgan fingerprint density at radius 2 is 2.14 bits per heavy atom. The van der Waals surface area contributed by atoms with Crippen LogP contribution < -0.4 is 0 Å². The maximum absolute atomic E-state index is 13.4. The van der Waals surface area contributed by atoms with E-state index in [0.717, 1.165) is 31.5 Å². The van der Waals surface area contributed by atoms with Crippen LogP contribution in [0, 0.1) is 12.7 Å². The Balaban J connectivity index is 1.89. The zero-order valence-electron chi connectivity index (χ0n) is 12.4. The fraction of sp³-hybridized carbons (Fsp3) is 0.467. The molecular formula is C15H18FN5O. The first-order chi connectivity index (χ1) is 10.6. The molecule has 2 heterocycles. The van der Waals surface area contributed by atoms with Gasteiger partial charge in [-0.15, -0.1) is 5.10 Å². The number of likely N-dealkylation sites (tertiary alicyclic amines) is 1. The molecule has 0 aliphatic carbocycles. The van der Waals surface area contributed by atoms with Crippen molar-refractivity contribution >= 4 is 5.91 Å². The monoisotopic (exact) mass is 303 g/mol. The zero-order chi connectivity index (χ0) is 15.5. The molecule has 0 saturated carbocycles. The number of halogens is 1. The van der Waals surface area contributed by atoms with Crippen LogP contribution in [0.15, 0.2) is 24.3 Å². The number of tetrazole rings is 1. The molecule has 1 aliphatic heterocycles. The maximum Gasteiger partial charge on any atom is 0.247 e. The van der Waals surface area contributed by atoms with Crippen molar-refractivity contribution in [3.05, 3.63) is 41.5 Å². The highest BCUT2D eigenvalue weighted by Crippen LogP contribution is 2.21. The topological polar surface area (TPSA) is 63.9 Å². The van der Waals surface area contributed by atoms with Gasteiger partial charge in [-0.25, -0.2) is 9.07 Å². The highest BCUT2D eigenvalue weighted by atomic mass is 19.1. The van der Waals surface area contributed by atoms with Crippen molar-refractivity contribution in [3.8, 4) is 0 Å². The van der Waals surface area contributed by atoms with E-state index in [4.69, 9.17) is 0 Å². The lowest BCUT2D eigenvalue weighted by Gasteiger charge is -2.23. The van der Waals surface area contributed by atoms with Crippen LogP contribution in [0.1, 0.15) is 30.3 Å². The second-order valence-electron chi connectivity index (χ2n) is 5.55. The average Bonchev–Trinajstić information content (AvgIpc) is 3.16. The standard InChI is InChI=1S/C15H18FN5O/c1-11-17-18-19-21(11)14(15(22)20-7-2-3-8-20)10-12-5-4-6-13(16)9-12/h4-6,9,14H,2-3,7-8,10H2,1H3/t14-/m0/s1. The Morgan fingerprint density at radius 3 is 2.77 bits per heavy atom. The van der Waals surface area contributed by atoms with Gasteiger partial charge in [-0.1, -0.05) is 12.1 Å². The Hall–Kier alpha value is -2.31. The van der Waals surface area contributed by atoms with Gasteiger partial charge in [-0.05, 0) is 47.9 Å². The van der Waals surface area contributed by atoms with Gasteiger partial charge in [-0.3, -0.25) is 4.79 Å². The molecule has 7 heteroatoms. The van der Waals surface area contributed by atoms with E-state index >= 15 is 0 Å². The van der Waals surface area contributed by atoms with Crippen LogP contribution in [-0.2, 0) is 11.2 Å². The molecule has 0 radical (unpaired) electrons. The fourth-order valence-corrected chi connectivity index (χ4v) is 2.84. The molecule has 0 bridgehead atoms. The third-order valence-corrected chi connectivity index (χ3v) is 3.97. The van der Waals surface area contributed by atoms with Gasteiger partial charge in [0.2, 0.25) is 5.91 Å². The highest BCUT2D eigenvalue weighted by Gasteiger charge is 2.30. The Labute approximate surface area is 127 Å². The Bertz CT molecular complexity index is 665. The molecule has 116 valence electrons. The van der Waals surface area contributed by atoms with E-state index in [1.54, 1.807) is 13.0 Å². The van der Waals surface area contributed by atoms with E-state index in [1.165, 1.54) is 16.8 Å². The van der Waals surface area contributed by atoms with Crippen LogP contribution in [0.4, 0.5) is 4.39 Å². The first-order valence-electron chi connectivity index (χ1n) is 7.43. The van der Waals surface area contributed by atoms with Crippen molar-refractivity contribution in [3.63, 3.8) is 0 Å². The second-order valence-corrected chi connectivity index (χ2v) is 5.55. The molecule has 0 unspecified atom stereocenters. The Morgan fingerprint density at radius 1 is 1.36 bits per heavy atom. The summed E-state index contributed by atoms with van der Waals surface area (Å²) in [6.07, 6.45) is 2.42. The normalized spacial score (nSPS) is 16.0. The summed E-state index contributed by atoms with van der Waals surface area (Å²) in [7, 11) is 0. The summed E-state index contributed by atoms with van der Waals surface area (Å²) in [5.41, 5.74) is 0.757. The number of nitrogens with zero attached hydrogens (tertiary/aromatic N) is 5. The summed E-state index contributed by atoms with van der Waals surface area (Å²) in [5.74, 6) is 0.268. The second kappa shape index (κ2) is 6.21. The molecular weight excluding hydrogens is 285 g/mol. The molecule has 6 nitrogen and oxygen atoms in total. The summed E-state index contributed by atoms with van der Waals surface area (Å²) >= 11 is 0. The van der Waals surface area contributed by atoms with Crippen LogP contribution >= 0.6 is 0 Å². The fourth-order valence-electron chi connectivity index (χ4n) is 2.84. The summed E-state index contributed by atoms with van der Waals surface area (Å²) < 4.78 is 14.9. The lowest BCUT2D eigenvalue weighted by atomic mass is 10.0. The molecule has 0 spiro atoms. The predicted molar refractivity (Wildman–Crippen MR) is 77.5 cm³/mol. The van der Waals surface area contributed by atoms with Crippen molar-refractivity contribution in [1.29, 1.82) is 0 Å². The van der Waals surface area contributed by atoms with Crippen molar-refractivity contribution in [2.24, 2.45) is 0 Å². The minimum atomic E-state index is -0.533. The van der Waals surface area contributed by atoms with E-state index < -0.39 is 6.04 Å². The van der Waals surface area contributed by atoms with E-state index in [-0.39, 0.29) is 11.7 Å². The molecule has 2 aromatic rings. The molecule has 1 atom stereocenters. The van der Waals surface area contributed by atoms with Gasteiger partial charge < -0.3 is 4.90 Å². The zero-order valence-corrected chi connectivity index (χ0v) is 12.4. The number of benzene rings is 1. The highest BCUT2D eigenvalue weighted by molar-refractivity contribution is 5.81. The quantitative estimate of drug-likeness (QED) is 0.859. The van der Waals surface area contributed by atoms with Gasteiger partial charge in [0.25, 0.3) is 0 Å². The first kappa shape index (κ1) is 14.6. The SMILES string of the molecule is Cc1nnnn1[C@@H](Cc1cccc(F)c1)C(=O)N1CCCC1. The minimum Gasteiger partial charge on any atom is -0.341 e. The van der Waals surface area contributed by atoms with Crippen molar-refractivity contribution in [2.45, 2.75) is 32.2 Å². The number of aromatic nitrogens is 4. The molecule has 1 aliphatic rings. The molecule has 1 fully saturated rings. The molecule has 1 amide bonds. The van der Waals surface area contributed by atoms with E-state index in [2.05, 4.69) is 15.5 Å². The third kappa shape index (κ3) is 2.98. The number of carbonyl (C=O) groups excluding carboxylic acids is 1. The number of carbonyl (C=O) groups is 1. The molecule has 1 aromatic carbocycles. The molecule has 0 N–H and O–H groups in total. The smallest absolute Gasteiger partial charge is 0.247 e. The van der Waals surface area contributed by atoms with Gasteiger partial charge in [0.1, 0.15) is 17.7 Å². The minimum absolute atomic E-state index is 0.00263. The van der Waals surface area contributed by atoms with Gasteiger partial charge in [0.15, 0.2) is 0 Å². The van der Waals surface area contributed by atoms with Crippen LogP contribution in [0.2, 0.25) is 0 Å². The number of amides is 1. The van der Waals surface area contributed by atoms with Crippen LogP contribution in [0.25, 0.3) is 0 Å².